The standard InChI is InChI=1S/C20H16F5NO2/c1-19(13-8-5-9-14(21)18(13)22)11-16(20(23,24)25)28-17(26-19)10-15(27)12-6-3-2-4-7-12/h2-9,16H,10-11H2,1H3/t16-,19-/m0/s1. The molecule has 2 atom stereocenters. The molecule has 0 saturated heterocycles. The maximum Gasteiger partial charge on any atom is 0.425 e. The van der Waals surface area contributed by atoms with E-state index in [1.54, 1.807) is 18.2 Å². The number of benzene rings is 2. The number of halogens is 5. The SMILES string of the molecule is C[C@@]1(c2cccc(F)c2F)C[C@@H](C(F)(F)F)OC(CC(=O)c2ccccc2)=N1. The molecule has 3 rings (SSSR count). The van der Waals surface area contributed by atoms with Crippen LogP contribution in [0.1, 0.15) is 35.7 Å². The van der Waals surface area contributed by atoms with E-state index in [4.69, 9.17) is 4.74 Å². The molecule has 0 aliphatic carbocycles. The van der Waals surface area contributed by atoms with Gasteiger partial charge in [-0.3, -0.25) is 4.79 Å². The number of carbonyl (C=O) groups is 1. The van der Waals surface area contributed by atoms with Crippen molar-refractivity contribution in [1.29, 1.82) is 0 Å². The number of aliphatic imine (C=N–C) groups is 1. The minimum Gasteiger partial charge on any atom is -0.468 e. The predicted octanol–water partition coefficient (Wildman–Crippen LogP) is 5.20. The number of rotatable bonds is 4. The second-order valence-electron chi connectivity index (χ2n) is 6.70. The van der Waals surface area contributed by atoms with Gasteiger partial charge in [0.25, 0.3) is 0 Å². The van der Waals surface area contributed by atoms with Gasteiger partial charge in [-0.2, -0.15) is 13.2 Å². The van der Waals surface area contributed by atoms with Crippen LogP contribution in [0, 0.1) is 11.6 Å². The van der Waals surface area contributed by atoms with Crippen molar-refractivity contribution in [2.45, 2.75) is 37.6 Å². The van der Waals surface area contributed by atoms with Crippen molar-refractivity contribution in [3.8, 4) is 0 Å². The zero-order valence-corrected chi connectivity index (χ0v) is 14.8. The van der Waals surface area contributed by atoms with Crippen molar-refractivity contribution >= 4 is 11.7 Å². The van der Waals surface area contributed by atoms with Crippen LogP contribution in [0.2, 0.25) is 0 Å². The number of alkyl halides is 3. The van der Waals surface area contributed by atoms with E-state index in [0.717, 1.165) is 6.07 Å². The van der Waals surface area contributed by atoms with Crippen molar-refractivity contribution in [3.05, 3.63) is 71.3 Å². The number of ketones is 1. The van der Waals surface area contributed by atoms with Crippen LogP contribution in [0.15, 0.2) is 53.5 Å². The van der Waals surface area contributed by atoms with E-state index < -0.39 is 54.0 Å². The number of hydrogen-bond donors (Lipinski definition) is 0. The van der Waals surface area contributed by atoms with Gasteiger partial charge in [-0.15, -0.1) is 0 Å². The smallest absolute Gasteiger partial charge is 0.425 e. The summed E-state index contributed by atoms with van der Waals surface area (Å²) in [5, 5.41) is 0. The number of carbonyl (C=O) groups excluding carboxylic acids is 1. The topological polar surface area (TPSA) is 38.7 Å². The van der Waals surface area contributed by atoms with Crippen molar-refractivity contribution in [2.24, 2.45) is 4.99 Å². The van der Waals surface area contributed by atoms with Gasteiger partial charge in [0.2, 0.25) is 0 Å². The molecule has 1 aliphatic heterocycles. The van der Waals surface area contributed by atoms with Crippen LogP contribution in [0.25, 0.3) is 0 Å². The Morgan fingerprint density at radius 2 is 1.82 bits per heavy atom. The molecule has 1 aliphatic rings. The molecule has 3 nitrogen and oxygen atoms in total. The van der Waals surface area contributed by atoms with Crippen LogP contribution in [0.4, 0.5) is 22.0 Å². The lowest BCUT2D eigenvalue weighted by molar-refractivity contribution is -0.208. The molecular formula is C20H16F5NO2. The number of nitrogens with zero attached hydrogens (tertiary/aromatic N) is 1. The zero-order chi connectivity index (χ0) is 20.5. The van der Waals surface area contributed by atoms with E-state index in [0.29, 0.717) is 0 Å². The first-order chi connectivity index (χ1) is 13.1. The summed E-state index contributed by atoms with van der Waals surface area (Å²) in [4.78, 5) is 16.4. The molecule has 28 heavy (non-hydrogen) atoms. The fraction of sp³-hybridized carbons (Fsp3) is 0.300. The first-order valence-corrected chi connectivity index (χ1v) is 8.45. The first kappa shape index (κ1) is 20.0. The highest BCUT2D eigenvalue weighted by molar-refractivity contribution is 6.07. The van der Waals surface area contributed by atoms with Crippen molar-refractivity contribution in [1.82, 2.24) is 0 Å². The molecule has 2 aromatic rings. The molecule has 0 saturated carbocycles. The fourth-order valence-corrected chi connectivity index (χ4v) is 3.13. The van der Waals surface area contributed by atoms with E-state index in [1.807, 2.05) is 0 Å². The highest BCUT2D eigenvalue weighted by atomic mass is 19.4. The third-order valence-corrected chi connectivity index (χ3v) is 4.54. The Morgan fingerprint density at radius 1 is 1.14 bits per heavy atom. The van der Waals surface area contributed by atoms with Crippen LogP contribution in [0.3, 0.4) is 0 Å². The summed E-state index contributed by atoms with van der Waals surface area (Å²) in [6, 6.07) is 11.2. The van der Waals surface area contributed by atoms with Crippen LogP contribution in [-0.2, 0) is 10.3 Å². The third kappa shape index (κ3) is 4.05. The summed E-state index contributed by atoms with van der Waals surface area (Å²) < 4.78 is 73.0. The minimum absolute atomic E-state index is 0.279. The Kier molecular flexibility index (Phi) is 5.23. The Bertz CT molecular complexity index is 911. The van der Waals surface area contributed by atoms with Crippen molar-refractivity contribution in [2.75, 3.05) is 0 Å². The van der Waals surface area contributed by atoms with Crippen LogP contribution >= 0.6 is 0 Å². The minimum atomic E-state index is -4.76. The number of ether oxygens (including phenoxy) is 1. The highest BCUT2D eigenvalue weighted by Gasteiger charge is 2.50. The molecule has 0 N–H and O–H groups in total. The second-order valence-corrected chi connectivity index (χ2v) is 6.70. The fourth-order valence-electron chi connectivity index (χ4n) is 3.13. The molecule has 2 aromatic carbocycles. The maximum absolute atomic E-state index is 14.3. The summed E-state index contributed by atoms with van der Waals surface area (Å²) in [6.45, 7) is 1.26. The number of hydrogen-bond acceptors (Lipinski definition) is 3. The van der Waals surface area contributed by atoms with E-state index in [9.17, 15) is 26.7 Å². The van der Waals surface area contributed by atoms with Gasteiger partial charge in [-0.1, -0.05) is 42.5 Å². The van der Waals surface area contributed by atoms with E-state index in [-0.39, 0.29) is 11.1 Å². The van der Waals surface area contributed by atoms with Gasteiger partial charge < -0.3 is 4.74 Å². The summed E-state index contributed by atoms with van der Waals surface area (Å²) in [5.74, 6) is -3.42. The van der Waals surface area contributed by atoms with E-state index in [2.05, 4.69) is 4.99 Å². The quantitative estimate of drug-likeness (QED) is 0.525. The molecule has 0 amide bonds. The molecule has 8 heteroatoms. The molecule has 0 fully saturated rings. The number of Topliss-reactive ketones (excluding diaryl/α,β-unsaturated/α-hetero) is 1. The van der Waals surface area contributed by atoms with Crippen LogP contribution in [0.5, 0.6) is 0 Å². The lowest BCUT2D eigenvalue weighted by atomic mass is 9.85. The Labute approximate surface area is 157 Å². The molecule has 0 radical (unpaired) electrons. The van der Waals surface area contributed by atoms with Crippen LogP contribution < -0.4 is 0 Å². The second kappa shape index (κ2) is 7.33. The summed E-state index contributed by atoms with van der Waals surface area (Å²) in [6.07, 6.45) is -8.32. The highest BCUT2D eigenvalue weighted by Crippen LogP contribution is 2.41. The van der Waals surface area contributed by atoms with Gasteiger partial charge in [0, 0.05) is 17.5 Å². The van der Waals surface area contributed by atoms with Gasteiger partial charge in [0.05, 0.1) is 12.0 Å². The molecule has 0 aromatic heterocycles. The van der Waals surface area contributed by atoms with Gasteiger partial charge >= 0.3 is 6.18 Å². The van der Waals surface area contributed by atoms with Gasteiger partial charge in [0.1, 0.15) is 0 Å². The third-order valence-electron chi connectivity index (χ3n) is 4.54. The van der Waals surface area contributed by atoms with Gasteiger partial charge in [-0.05, 0) is 13.0 Å². The maximum atomic E-state index is 14.3. The average molecular weight is 397 g/mol. The van der Waals surface area contributed by atoms with Crippen molar-refractivity contribution < 1.29 is 31.5 Å². The Balaban J connectivity index is 2.00. The lowest BCUT2D eigenvalue weighted by Crippen LogP contribution is -2.44. The zero-order valence-electron chi connectivity index (χ0n) is 14.8. The monoisotopic (exact) mass is 397 g/mol. The molecular weight excluding hydrogens is 381 g/mol. The van der Waals surface area contributed by atoms with Crippen LogP contribution in [-0.4, -0.2) is 24.0 Å². The summed E-state index contributed by atoms with van der Waals surface area (Å²) in [7, 11) is 0. The van der Waals surface area contributed by atoms with E-state index >= 15 is 0 Å². The molecule has 148 valence electrons. The first-order valence-electron chi connectivity index (χ1n) is 8.45. The normalized spacial score (nSPS) is 22.4. The molecule has 1 heterocycles. The molecule has 0 spiro atoms. The summed E-state index contributed by atoms with van der Waals surface area (Å²) in [5.41, 5.74) is -1.78. The molecule has 0 bridgehead atoms. The van der Waals surface area contributed by atoms with Gasteiger partial charge in [-0.25, -0.2) is 13.8 Å². The van der Waals surface area contributed by atoms with Gasteiger partial charge in [0.15, 0.2) is 29.4 Å². The van der Waals surface area contributed by atoms with E-state index in [1.165, 1.54) is 31.2 Å². The molecule has 0 unspecified atom stereocenters. The summed E-state index contributed by atoms with van der Waals surface area (Å²) >= 11 is 0. The lowest BCUT2D eigenvalue weighted by Gasteiger charge is -2.37. The Morgan fingerprint density at radius 3 is 2.46 bits per heavy atom. The van der Waals surface area contributed by atoms with Crippen molar-refractivity contribution in [3.63, 3.8) is 0 Å². The average Bonchev–Trinajstić information content (AvgIpc) is 2.63. The largest absolute Gasteiger partial charge is 0.468 e. The predicted molar refractivity (Wildman–Crippen MR) is 92.1 cm³/mol. The Hall–Kier alpha value is -2.77.